The minimum atomic E-state index is -3.13. The van der Waals surface area contributed by atoms with Crippen LogP contribution in [0.25, 0.3) is 10.2 Å². The van der Waals surface area contributed by atoms with Gasteiger partial charge in [0.05, 0.1) is 23.1 Å². The van der Waals surface area contributed by atoms with Gasteiger partial charge in [-0.05, 0) is 44.0 Å². The molecule has 37 heavy (non-hydrogen) atoms. The van der Waals surface area contributed by atoms with Crippen molar-refractivity contribution in [1.82, 2.24) is 24.1 Å². The molecule has 4 rings (SSSR count). The van der Waals surface area contributed by atoms with E-state index in [0.717, 1.165) is 74.6 Å². The minimum Gasteiger partial charge on any atom is -0.466 e. The quantitative estimate of drug-likeness (QED) is 0.228. The molecule has 0 unspecified atom stereocenters. The number of sulfonamides is 1. The number of nitrogens with zero attached hydrogens (tertiary/aromatic N) is 6. The largest absolute Gasteiger partial charge is 0.466 e. The molecule has 206 valence electrons. The van der Waals surface area contributed by atoms with Crippen LogP contribution in [0.4, 0.5) is 5.82 Å². The van der Waals surface area contributed by atoms with E-state index in [4.69, 9.17) is 16.3 Å². The summed E-state index contributed by atoms with van der Waals surface area (Å²) in [5.74, 6) is 0.805. The molecular weight excluding hydrogens is 536 g/mol. The van der Waals surface area contributed by atoms with Crippen molar-refractivity contribution in [2.24, 2.45) is 0 Å². The smallest absolute Gasteiger partial charge is 0.305 e. The highest BCUT2D eigenvalue weighted by molar-refractivity contribution is 7.88. The number of carbonyl (C=O) groups excluding carboxylic acids is 1. The molecule has 2 aliphatic rings. The minimum absolute atomic E-state index is 0.0998. The molecule has 0 radical (unpaired) electrons. The Morgan fingerprint density at radius 1 is 1.03 bits per heavy atom. The monoisotopic (exact) mass is 572 g/mol. The predicted molar refractivity (Wildman–Crippen MR) is 148 cm³/mol. The fourth-order valence-electron chi connectivity index (χ4n) is 4.87. The Balaban J connectivity index is 1.29. The Bertz CT molecular complexity index is 1160. The van der Waals surface area contributed by atoms with Crippen LogP contribution in [0.3, 0.4) is 0 Å². The number of aromatic nitrogens is 2. The van der Waals surface area contributed by atoms with E-state index in [1.807, 2.05) is 6.92 Å². The fraction of sp³-hybridized carbons (Fsp3) is 0.708. The van der Waals surface area contributed by atoms with Crippen LogP contribution >= 0.6 is 22.9 Å². The fourth-order valence-corrected chi connectivity index (χ4v) is 7.02. The zero-order valence-electron chi connectivity index (χ0n) is 21.7. The van der Waals surface area contributed by atoms with Crippen molar-refractivity contribution in [3.8, 4) is 0 Å². The summed E-state index contributed by atoms with van der Waals surface area (Å²) >= 11 is 8.01. The highest BCUT2D eigenvalue weighted by Crippen LogP contribution is 2.34. The predicted octanol–water partition coefficient (Wildman–Crippen LogP) is 2.67. The maximum Gasteiger partial charge on any atom is 0.305 e. The topological polar surface area (TPSA) is 99.2 Å². The summed E-state index contributed by atoms with van der Waals surface area (Å²) in [5.41, 5.74) is 0.869. The molecule has 0 aliphatic carbocycles. The van der Waals surface area contributed by atoms with Crippen molar-refractivity contribution >= 4 is 55.0 Å². The molecule has 0 spiro atoms. The first-order valence-electron chi connectivity index (χ1n) is 13.0. The van der Waals surface area contributed by atoms with Gasteiger partial charge in [0.2, 0.25) is 15.3 Å². The number of rotatable bonds is 11. The zero-order chi connectivity index (χ0) is 26.4. The van der Waals surface area contributed by atoms with E-state index in [9.17, 15) is 13.2 Å². The number of thiophene rings is 1. The molecule has 0 amide bonds. The summed E-state index contributed by atoms with van der Waals surface area (Å²) in [5, 5.41) is 0.262. The van der Waals surface area contributed by atoms with Crippen molar-refractivity contribution in [1.29, 1.82) is 0 Å². The summed E-state index contributed by atoms with van der Waals surface area (Å²) in [6, 6.07) is 2.09. The molecule has 13 heteroatoms. The van der Waals surface area contributed by atoms with Gasteiger partial charge in [0.15, 0.2) is 5.82 Å². The average molecular weight is 573 g/mol. The number of ether oxygens (including phenoxy) is 1. The van der Waals surface area contributed by atoms with Gasteiger partial charge in [0.25, 0.3) is 0 Å². The molecule has 2 aliphatic heterocycles. The highest BCUT2D eigenvalue weighted by Gasteiger charge is 2.25. The van der Waals surface area contributed by atoms with E-state index in [1.165, 1.54) is 11.1 Å². The number of unbranched alkanes of at least 4 members (excludes halogenated alkanes) is 2. The van der Waals surface area contributed by atoms with Crippen LogP contribution in [-0.4, -0.2) is 110 Å². The number of hydrogen-bond donors (Lipinski definition) is 0. The maximum atomic E-state index is 11.8. The summed E-state index contributed by atoms with van der Waals surface area (Å²) < 4.78 is 31.2. The van der Waals surface area contributed by atoms with Crippen LogP contribution in [-0.2, 0) is 26.1 Å². The molecular formula is C24H37ClN6O4S2. The zero-order valence-corrected chi connectivity index (χ0v) is 24.1. The standard InChI is InChI=1S/C24H37ClN6O4S2/c1-3-35-21(32)7-5-4-6-8-28-9-13-30(14-10-28)23-22-20(26-24(25)27-23)17-19(36-22)18-29-11-15-31(16-12-29)37(2,33)34/h17H,3-16,18H2,1-2H3. The van der Waals surface area contributed by atoms with Gasteiger partial charge in [-0.1, -0.05) is 6.42 Å². The third-order valence-corrected chi connectivity index (χ3v) is 9.47. The van der Waals surface area contributed by atoms with Crippen LogP contribution in [0, 0.1) is 0 Å². The van der Waals surface area contributed by atoms with Crippen LogP contribution in [0.5, 0.6) is 0 Å². The normalized spacial score (nSPS) is 18.5. The number of piperazine rings is 2. The Morgan fingerprint density at radius 2 is 1.73 bits per heavy atom. The van der Waals surface area contributed by atoms with Gasteiger partial charge in [-0.3, -0.25) is 14.6 Å². The average Bonchev–Trinajstić information content (AvgIpc) is 3.25. The van der Waals surface area contributed by atoms with E-state index in [2.05, 4.69) is 30.7 Å². The highest BCUT2D eigenvalue weighted by atomic mass is 35.5. The Morgan fingerprint density at radius 3 is 2.41 bits per heavy atom. The summed E-state index contributed by atoms with van der Waals surface area (Å²) in [4.78, 5) is 28.8. The molecule has 0 N–H and O–H groups in total. The Labute approximate surface area is 228 Å². The van der Waals surface area contributed by atoms with Crippen LogP contribution < -0.4 is 4.90 Å². The first kappa shape index (κ1) is 28.4. The molecule has 2 aromatic heterocycles. The van der Waals surface area contributed by atoms with E-state index < -0.39 is 10.0 Å². The molecule has 4 heterocycles. The second-order valence-electron chi connectivity index (χ2n) is 9.63. The lowest BCUT2D eigenvalue weighted by atomic mass is 10.2. The first-order chi connectivity index (χ1) is 17.7. The summed E-state index contributed by atoms with van der Waals surface area (Å²) in [6.07, 6.45) is 4.77. The van der Waals surface area contributed by atoms with Gasteiger partial charge in [0, 0.05) is 70.2 Å². The molecule has 2 fully saturated rings. The summed E-state index contributed by atoms with van der Waals surface area (Å²) in [6.45, 7) is 10.2. The van der Waals surface area contributed by atoms with Gasteiger partial charge >= 0.3 is 5.97 Å². The Kier molecular flexibility index (Phi) is 9.98. The van der Waals surface area contributed by atoms with E-state index >= 15 is 0 Å². The number of esters is 1. The number of halogens is 1. The van der Waals surface area contributed by atoms with Crippen molar-refractivity contribution in [3.63, 3.8) is 0 Å². The molecule has 0 saturated carbocycles. The first-order valence-corrected chi connectivity index (χ1v) is 16.0. The lowest BCUT2D eigenvalue weighted by Crippen LogP contribution is -2.47. The van der Waals surface area contributed by atoms with Crippen LogP contribution in [0.15, 0.2) is 6.07 Å². The SMILES string of the molecule is CCOC(=O)CCCCCN1CCN(c2nc(Cl)nc3cc(CN4CCN(S(C)(=O)=O)CC4)sc23)CC1. The van der Waals surface area contributed by atoms with E-state index in [-0.39, 0.29) is 11.3 Å². The van der Waals surface area contributed by atoms with Crippen molar-refractivity contribution in [2.75, 3.05) is 76.7 Å². The van der Waals surface area contributed by atoms with Crippen molar-refractivity contribution in [2.45, 2.75) is 39.2 Å². The summed E-state index contributed by atoms with van der Waals surface area (Å²) in [7, 11) is -3.13. The third kappa shape index (κ3) is 7.96. The van der Waals surface area contributed by atoms with Crippen molar-refractivity contribution < 1.29 is 17.9 Å². The molecule has 0 aromatic carbocycles. The van der Waals surface area contributed by atoms with Gasteiger partial charge in [-0.15, -0.1) is 11.3 Å². The maximum absolute atomic E-state index is 11.8. The number of carbonyl (C=O) groups is 1. The van der Waals surface area contributed by atoms with Crippen LogP contribution in [0.1, 0.15) is 37.5 Å². The Hall–Kier alpha value is -1.57. The molecule has 2 aromatic rings. The van der Waals surface area contributed by atoms with E-state index in [0.29, 0.717) is 39.2 Å². The lowest BCUT2D eigenvalue weighted by molar-refractivity contribution is -0.143. The number of fused-ring (bicyclic) bond motifs is 1. The van der Waals surface area contributed by atoms with E-state index in [1.54, 1.807) is 15.6 Å². The van der Waals surface area contributed by atoms with Gasteiger partial charge in [-0.2, -0.15) is 9.29 Å². The number of hydrogen-bond acceptors (Lipinski definition) is 10. The molecule has 10 nitrogen and oxygen atoms in total. The second kappa shape index (κ2) is 13.0. The van der Waals surface area contributed by atoms with Gasteiger partial charge < -0.3 is 9.64 Å². The third-order valence-electron chi connectivity index (χ3n) is 6.89. The van der Waals surface area contributed by atoms with Crippen LogP contribution in [0.2, 0.25) is 5.28 Å². The molecule has 0 atom stereocenters. The molecule has 0 bridgehead atoms. The second-order valence-corrected chi connectivity index (χ2v) is 13.1. The number of anilines is 1. The molecule has 2 saturated heterocycles. The van der Waals surface area contributed by atoms with Gasteiger partial charge in [0.1, 0.15) is 0 Å². The van der Waals surface area contributed by atoms with Gasteiger partial charge in [-0.25, -0.2) is 13.4 Å². The van der Waals surface area contributed by atoms with Crippen molar-refractivity contribution in [3.05, 3.63) is 16.2 Å². The lowest BCUT2D eigenvalue weighted by Gasteiger charge is -2.35.